The van der Waals surface area contributed by atoms with Crippen LogP contribution in [0.25, 0.3) is 0 Å². The number of hydrogen-bond donors (Lipinski definition) is 3. The number of aliphatic hydroxyl groups excluding tert-OH is 1. The zero-order valence-electron chi connectivity index (χ0n) is 22.3. The van der Waals surface area contributed by atoms with Gasteiger partial charge in [0.25, 0.3) is 0 Å². The first kappa shape index (κ1) is 32.4. The first-order chi connectivity index (χ1) is 19.7. The predicted molar refractivity (Wildman–Crippen MR) is 140 cm³/mol. The number of carboxylic acids is 1. The van der Waals surface area contributed by atoms with Crippen LogP contribution in [0.3, 0.4) is 0 Å². The molecule has 0 aliphatic carbocycles. The molecule has 3 aromatic carbocycles. The quantitative estimate of drug-likeness (QED) is 0.151. The first-order valence-electron chi connectivity index (χ1n) is 12.9. The smallest absolute Gasteiger partial charge is 0.481 e. The Morgan fingerprint density at radius 2 is 1.52 bits per heavy atom. The zero-order valence-corrected chi connectivity index (χ0v) is 22.3. The van der Waals surface area contributed by atoms with Crippen molar-refractivity contribution in [2.24, 2.45) is 0 Å². The molecule has 0 radical (unpaired) electrons. The Balaban J connectivity index is 2.10. The number of rotatable bonds is 12. The van der Waals surface area contributed by atoms with Crippen molar-refractivity contribution in [1.82, 2.24) is 5.32 Å². The fraction of sp³-hybridized carbons (Fsp3) is 0.333. The van der Waals surface area contributed by atoms with Crippen LogP contribution < -0.4 is 10.1 Å². The Bertz CT molecular complexity index is 1380. The van der Waals surface area contributed by atoms with Crippen molar-refractivity contribution in [3.8, 4) is 11.8 Å². The van der Waals surface area contributed by atoms with Gasteiger partial charge in [-0.25, -0.2) is 0 Å². The molecule has 0 amide bonds. The molecule has 224 valence electrons. The lowest BCUT2D eigenvalue weighted by atomic mass is 9.74. The normalized spacial score (nSPS) is 14.1. The van der Waals surface area contributed by atoms with E-state index in [1.54, 1.807) is 30.3 Å². The summed E-state index contributed by atoms with van der Waals surface area (Å²) in [6, 6.07) is 16.2. The number of nitrogens with one attached hydrogen (secondary N) is 1. The van der Waals surface area contributed by atoms with Crippen molar-refractivity contribution in [3.63, 3.8) is 0 Å². The Morgan fingerprint density at radius 3 is 2.05 bits per heavy atom. The summed E-state index contributed by atoms with van der Waals surface area (Å²) in [5.74, 6) is -2.81. The number of aliphatic carboxylic acids is 1. The maximum absolute atomic E-state index is 13.8. The Morgan fingerprint density at radius 1 is 0.929 bits per heavy atom. The van der Waals surface area contributed by atoms with Crippen LogP contribution in [0.5, 0.6) is 5.75 Å². The summed E-state index contributed by atoms with van der Waals surface area (Å²) < 4.78 is 83.6. The number of hydrogen-bond acceptors (Lipinski definition) is 5. The van der Waals surface area contributed by atoms with Crippen LogP contribution in [0.2, 0.25) is 0 Å². The average Bonchev–Trinajstić information content (AvgIpc) is 2.92. The second-order valence-corrected chi connectivity index (χ2v) is 9.61. The minimum Gasteiger partial charge on any atom is -0.481 e. The summed E-state index contributed by atoms with van der Waals surface area (Å²) >= 11 is 0. The second-order valence-electron chi connectivity index (χ2n) is 9.61. The number of benzene rings is 3. The molecule has 0 fully saturated rings. The number of aliphatic hydroxyl groups is 1. The maximum Gasteiger partial charge on any atom is 0.573 e. The van der Waals surface area contributed by atoms with Gasteiger partial charge in [0.15, 0.2) is 0 Å². The molecule has 3 N–H and O–H groups in total. The number of nitriles is 1. The van der Waals surface area contributed by atoms with Crippen LogP contribution >= 0.6 is 0 Å². The number of halogens is 6. The lowest BCUT2D eigenvalue weighted by Gasteiger charge is -2.30. The molecule has 0 saturated carbocycles. The van der Waals surface area contributed by atoms with Crippen molar-refractivity contribution in [3.05, 3.63) is 100 Å². The summed E-state index contributed by atoms with van der Waals surface area (Å²) in [6.07, 6.45) is -9.99. The molecular weight excluding hydrogens is 566 g/mol. The monoisotopic (exact) mass is 594 g/mol. The molecule has 42 heavy (non-hydrogen) atoms. The fourth-order valence-electron chi connectivity index (χ4n) is 4.79. The highest BCUT2D eigenvalue weighted by Crippen LogP contribution is 2.44. The second kappa shape index (κ2) is 13.7. The van der Waals surface area contributed by atoms with Gasteiger partial charge in [-0.3, -0.25) is 10.1 Å². The number of ether oxygens (including phenoxy) is 1. The molecule has 0 aliphatic rings. The highest BCUT2D eigenvalue weighted by molar-refractivity contribution is 5.66. The van der Waals surface area contributed by atoms with E-state index in [-0.39, 0.29) is 24.1 Å². The molecule has 0 bridgehead atoms. The van der Waals surface area contributed by atoms with Crippen molar-refractivity contribution >= 4 is 5.97 Å². The lowest BCUT2D eigenvalue weighted by molar-refractivity contribution is -0.274. The molecule has 0 heterocycles. The van der Waals surface area contributed by atoms with E-state index in [0.717, 1.165) is 24.3 Å². The molecule has 3 aromatic rings. The third kappa shape index (κ3) is 8.96. The predicted octanol–water partition coefficient (Wildman–Crippen LogP) is 7.25. The number of alkyl halides is 6. The van der Waals surface area contributed by atoms with Crippen molar-refractivity contribution < 1.29 is 46.1 Å². The summed E-state index contributed by atoms with van der Waals surface area (Å²) in [6.45, 7) is 1.89. The van der Waals surface area contributed by atoms with E-state index in [1.165, 1.54) is 18.2 Å². The fourth-order valence-corrected chi connectivity index (χ4v) is 4.79. The summed E-state index contributed by atoms with van der Waals surface area (Å²) in [4.78, 5) is 10.7. The molecular formula is C30H28F6N2O4. The van der Waals surface area contributed by atoms with E-state index in [1.807, 2.05) is 6.92 Å². The third-order valence-electron chi connectivity index (χ3n) is 6.60. The molecule has 0 spiro atoms. The van der Waals surface area contributed by atoms with Gasteiger partial charge in [0.05, 0.1) is 23.6 Å². The van der Waals surface area contributed by atoms with E-state index >= 15 is 0 Å². The van der Waals surface area contributed by atoms with Gasteiger partial charge < -0.3 is 14.9 Å². The van der Waals surface area contributed by atoms with Gasteiger partial charge in [0.1, 0.15) is 12.0 Å². The number of carboxylic acid groups (broad SMARTS) is 1. The third-order valence-corrected chi connectivity index (χ3v) is 6.60. The SMILES string of the molecule is CCC[C@H](c1ccc(C(O)NCCC(=O)O)cc1)[C@H](c1ccc(OC(F)(F)F)cc1)c1cc(C#N)cc(C(F)(F)F)c1. The summed E-state index contributed by atoms with van der Waals surface area (Å²) in [7, 11) is 0. The van der Waals surface area contributed by atoms with E-state index in [9.17, 15) is 41.5 Å². The van der Waals surface area contributed by atoms with Crippen LogP contribution in [0.15, 0.2) is 66.7 Å². The molecule has 3 rings (SSSR count). The van der Waals surface area contributed by atoms with Crippen LogP contribution in [-0.2, 0) is 11.0 Å². The van der Waals surface area contributed by atoms with Crippen LogP contribution in [-0.4, -0.2) is 29.1 Å². The molecule has 0 aromatic heterocycles. The highest BCUT2D eigenvalue weighted by atomic mass is 19.4. The largest absolute Gasteiger partial charge is 0.573 e. The molecule has 6 nitrogen and oxygen atoms in total. The molecule has 0 aliphatic heterocycles. The molecule has 0 saturated heterocycles. The van der Waals surface area contributed by atoms with E-state index in [0.29, 0.717) is 29.5 Å². The maximum atomic E-state index is 13.8. The van der Waals surface area contributed by atoms with Gasteiger partial charge in [0.2, 0.25) is 0 Å². The standard InChI is InChI=1S/C30H28F6N2O4/c1-2-3-25(19-4-6-21(7-5-19)28(41)38-13-12-26(39)40)27(20-8-10-24(11-9-20)42-30(34,35)36)22-14-18(17-37)15-23(16-22)29(31,32)33/h4-11,14-16,25,27-28,38,41H,2-3,12-13H2,1H3,(H,39,40)/t25-,27-,28?/m1/s1. The van der Waals surface area contributed by atoms with Crippen molar-refractivity contribution in [2.75, 3.05) is 6.54 Å². The van der Waals surface area contributed by atoms with Crippen LogP contribution in [0, 0.1) is 11.3 Å². The van der Waals surface area contributed by atoms with Crippen molar-refractivity contribution in [1.29, 1.82) is 5.26 Å². The number of nitrogens with zero attached hydrogens (tertiary/aromatic N) is 1. The van der Waals surface area contributed by atoms with E-state index in [2.05, 4.69) is 10.1 Å². The Labute approximate surface area is 238 Å². The highest BCUT2D eigenvalue weighted by Gasteiger charge is 2.34. The average molecular weight is 595 g/mol. The summed E-state index contributed by atoms with van der Waals surface area (Å²) in [5, 5.41) is 31.3. The molecule has 1 unspecified atom stereocenters. The Hall–Kier alpha value is -4.08. The summed E-state index contributed by atoms with van der Waals surface area (Å²) in [5.41, 5.74) is 0.419. The van der Waals surface area contributed by atoms with Crippen LogP contribution in [0.1, 0.15) is 77.6 Å². The number of carbonyl (C=O) groups is 1. The van der Waals surface area contributed by atoms with Crippen LogP contribution in [0.4, 0.5) is 26.3 Å². The lowest BCUT2D eigenvalue weighted by Crippen LogP contribution is -2.23. The van der Waals surface area contributed by atoms with E-state index in [4.69, 9.17) is 5.11 Å². The Kier molecular flexibility index (Phi) is 10.6. The van der Waals surface area contributed by atoms with Gasteiger partial charge in [-0.15, -0.1) is 13.2 Å². The van der Waals surface area contributed by atoms with Crippen molar-refractivity contribution in [2.45, 2.75) is 56.8 Å². The van der Waals surface area contributed by atoms with E-state index < -0.39 is 47.9 Å². The minimum absolute atomic E-state index is 0.0175. The van der Waals surface area contributed by atoms with Gasteiger partial charge in [-0.2, -0.15) is 18.4 Å². The minimum atomic E-state index is -4.93. The molecule has 3 atom stereocenters. The van der Waals surface area contributed by atoms with Gasteiger partial charge >= 0.3 is 18.5 Å². The zero-order chi connectivity index (χ0) is 31.1. The van der Waals surface area contributed by atoms with Gasteiger partial charge in [-0.05, 0) is 64.9 Å². The van der Waals surface area contributed by atoms with Gasteiger partial charge in [0, 0.05) is 12.5 Å². The van der Waals surface area contributed by atoms with Gasteiger partial charge in [-0.1, -0.05) is 49.7 Å². The first-order valence-corrected chi connectivity index (χ1v) is 12.9. The molecule has 12 heteroatoms. The topological polar surface area (TPSA) is 103 Å².